The Balaban J connectivity index is 3.36. The summed E-state index contributed by atoms with van der Waals surface area (Å²) in [6, 6.07) is 0. The van der Waals surface area contributed by atoms with Crippen LogP contribution in [0.1, 0.15) is 65.2 Å². The molecule has 16 heavy (non-hydrogen) atoms. The van der Waals surface area contributed by atoms with Crippen LogP contribution in [0.5, 0.6) is 0 Å². The monoisotopic (exact) mass is 228 g/mol. The fraction of sp³-hybridized carbons (Fsp3) is 0.857. The van der Waals surface area contributed by atoms with Crippen molar-refractivity contribution in [2.45, 2.75) is 71.3 Å². The minimum Gasteiger partial charge on any atom is -0.504 e. The van der Waals surface area contributed by atoms with Gasteiger partial charge in [-0.25, -0.2) is 0 Å². The van der Waals surface area contributed by atoms with E-state index in [9.17, 15) is 5.11 Å². The van der Waals surface area contributed by atoms with Crippen molar-refractivity contribution >= 4 is 0 Å². The molecule has 2 heteroatoms. The third kappa shape index (κ3) is 10.0. The lowest BCUT2D eigenvalue weighted by Gasteiger charge is -2.10. The molecule has 0 rings (SSSR count). The molecule has 0 saturated carbocycles. The molecule has 2 nitrogen and oxygen atoms in total. The molecule has 0 radical (unpaired) electrons. The normalized spacial score (nSPS) is 13.9. The first-order valence-electron chi connectivity index (χ1n) is 6.57. The Morgan fingerprint density at radius 1 is 1.19 bits per heavy atom. The van der Waals surface area contributed by atoms with Crippen molar-refractivity contribution in [3.8, 4) is 0 Å². The molecule has 0 aromatic rings. The second-order valence-electron chi connectivity index (χ2n) is 4.60. The van der Waals surface area contributed by atoms with Gasteiger partial charge in [0.25, 0.3) is 0 Å². The Morgan fingerprint density at radius 3 is 2.50 bits per heavy atom. The van der Waals surface area contributed by atoms with Crippen LogP contribution in [0.2, 0.25) is 0 Å². The summed E-state index contributed by atoms with van der Waals surface area (Å²) in [5.74, 6) is 0. The van der Waals surface area contributed by atoms with Crippen molar-refractivity contribution < 1.29 is 9.84 Å². The highest BCUT2D eigenvalue weighted by Crippen LogP contribution is 2.13. The van der Waals surface area contributed by atoms with Crippen molar-refractivity contribution in [3.05, 3.63) is 11.8 Å². The molecule has 0 aliphatic rings. The molecular weight excluding hydrogens is 200 g/mol. The molecule has 0 fully saturated rings. The molecule has 1 atom stereocenters. The summed E-state index contributed by atoms with van der Waals surface area (Å²) in [6.07, 6.45) is 10.6. The zero-order valence-corrected chi connectivity index (χ0v) is 11.2. The average molecular weight is 228 g/mol. The van der Waals surface area contributed by atoms with Crippen molar-refractivity contribution in [2.24, 2.45) is 0 Å². The van der Waals surface area contributed by atoms with Crippen LogP contribution in [0, 0.1) is 0 Å². The van der Waals surface area contributed by atoms with Crippen molar-refractivity contribution in [3.63, 3.8) is 0 Å². The van der Waals surface area contributed by atoms with E-state index in [0.717, 1.165) is 25.7 Å². The maximum Gasteiger partial charge on any atom is 0.0813 e. The second-order valence-corrected chi connectivity index (χ2v) is 4.60. The van der Waals surface area contributed by atoms with Gasteiger partial charge < -0.3 is 9.84 Å². The number of aliphatic hydroxyl groups excluding tert-OH is 1. The fourth-order valence-corrected chi connectivity index (χ4v) is 1.83. The van der Waals surface area contributed by atoms with E-state index in [0.29, 0.717) is 0 Å². The van der Waals surface area contributed by atoms with Crippen LogP contribution in [0.4, 0.5) is 0 Å². The lowest BCUT2D eigenvalue weighted by atomic mass is 10.0. The second kappa shape index (κ2) is 11.0. The van der Waals surface area contributed by atoms with E-state index in [-0.39, 0.29) is 6.10 Å². The van der Waals surface area contributed by atoms with Gasteiger partial charge >= 0.3 is 0 Å². The molecule has 96 valence electrons. The third-order valence-electron chi connectivity index (χ3n) is 2.82. The predicted octanol–water partition coefficient (Wildman–Crippen LogP) is 4.04. The van der Waals surface area contributed by atoms with E-state index in [2.05, 4.69) is 13.8 Å². The van der Waals surface area contributed by atoms with E-state index in [1.807, 2.05) is 0 Å². The van der Waals surface area contributed by atoms with Crippen LogP contribution in [0.25, 0.3) is 0 Å². The lowest BCUT2D eigenvalue weighted by molar-refractivity contribution is 0.148. The van der Waals surface area contributed by atoms with Gasteiger partial charge in [0.05, 0.1) is 19.5 Å². The quantitative estimate of drug-likeness (QED) is 0.452. The number of hydrogen-bond donors (Lipinski definition) is 1. The van der Waals surface area contributed by atoms with Gasteiger partial charge in [0.2, 0.25) is 0 Å². The van der Waals surface area contributed by atoms with Gasteiger partial charge in [-0.15, -0.1) is 0 Å². The number of aliphatic hydroxyl groups is 1. The molecule has 0 amide bonds. The van der Waals surface area contributed by atoms with Gasteiger partial charge in [0, 0.05) is 0 Å². The molecule has 0 aliphatic carbocycles. The highest BCUT2D eigenvalue weighted by molar-refractivity contribution is 4.92. The maximum atomic E-state index is 9.74. The predicted molar refractivity (Wildman–Crippen MR) is 69.4 cm³/mol. The average Bonchev–Trinajstić information content (AvgIpc) is 2.25. The largest absolute Gasteiger partial charge is 0.504 e. The highest BCUT2D eigenvalue weighted by atomic mass is 16.5. The summed E-state index contributed by atoms with van der Waals surface area (Å²) in [7, 11) is 1.67. The van der Waals surface area contributed by atoms with E-state index < -0.39 is 0 Å². The van der Waals surface area contributed by atoms with Crippen LogP contribution < -0.4 is 0 Å². The Morgan fingerprint density at radius 2 is 1.88 bits per heavy atom. The number of rotatable bonds is 10. The smallest absolute Gasteiger partial charge is 0.0813 e. The summed E-state index contributed by atoms with van der Waals surface area (Å²) >= 11 is 0. The van der Waals surface area contributed by atoms with E-state index in [1.54, 1.807) is 13.4 Å². The number of allylic oxidation sites excluding steroid dienone is 1. The standard InChI is InChI=1S/C14H28O2/c1-4-5-6-7-10-14(15)11-8-9-13(2)12-16-3/h12,14-15H,4-11H2,1-3H3/b13-12+/t14-/m0/s1. The number of ether oxygens (including phenoxy) is 1. The Labute approximate surface area is 101 Å². The first-order chi connectivity index (χ1) is 7.70. The summed E-state index contributed by atoms with van der Waals surface area (Å²) < 4.78 is 4.93. The fourth-order valence-electron chi connectivity index (χ4n) is 1.83. The summed E-state index contributed by atoms with van der Waals surface area (Å²) in [5.41, 5.74) is 1.25. The highest BCUT2D eigenvalue weighted by Gasteiger charge is 2.03. The van der Waals surface area contributed by atoms with Crippen molar-refractivity contribution in [2.75, 3.05) is 7.11 Å². The summed E-state index contributed by atoms with van der Waals surface area (Å²) in [6.45, 7) is 4.28. The maximum absolute atomic E-state index is 9.74. The molecule has 1 N–H and O–H groups in total. The zero-order valence-electron chi connectivity index (χ0n) is 11.2. The van der Waals surface area contributed by atoms with E-state index >= 15 is 0 Å². The van der Waals surface area contributed by atoms with Gasteiger partial charge in [0.15, 0.2) is 0 Å². The zero-order chi connectivity index (χ0) is 12.2. The first kappa shape index (κ1) is 15.5. The van der Waals surface area contributed by atoms with Gasteiger partial charge in [0.1, 0.15) is 0 Å². The first-order valence-corrected chi connectivity index (χ1v) is 6.57. The third-order valence-corrected chi connectivity index (χ3v) is 2.82. The van der Waals surface area contributed by atoms with Gasteiger partial charge in [-0.3, -0.25) is 0 Å². The molecule has 0 spiro atoms. The Kier molecular flexibility index (Phi) is 10.7. The topological polar surface area (TPSA) is 29.5 Å². The van der Waals surface area contributed by atoms with E-state index in [4.69, 9.17) is 4.74 Å². The summed E-state index contributed by atoms with van der Waals surface area (Å²) in [5, 5.41) is 9.74. The van der Waals surface area contributed by atoms with Crippen molar-refractivity contribution in [1.82, 2.24) is 0 Å². The molecule has 0 bridgehead atoms. The number of methoxy groups -OCH3 is 1. The van der Waals surface area contributed by atoms with Gasteiger partial charge in [-0.1, -0.05) is 32.6 Å². The molecule has 0 aromatic heterocycles. The molecule has 0 aliphatic heterocycles. The minimum atomic E-state index is -0.104. The van der Waals surface area contributed by atoms with E-state index in [1.165, 1.54) is 31.3 Å². The molecular formula is C14H28O2. The summed E-state index contributed by atoms with van der Waals surface area (Å²) in [4.78, 5) is 0. The van der Waals surface area contributed by atoms with Crippen LogP contribution in [-0.4, -0.2) is 18.3 Å². The van der Waals surface area contributed by atoms with Crippen LogP contribution in [-0.2, 0) is 4.74 Å². The molecule has 0 saturated heterocycles. The number of unbranched alkanes of at least 4 members (excludes halogenated alkanes) is 3. The van der Waals surface area contributed by atoms with Gasteiger partial charge in [-0.05, 0) is 38.2 Å². The number of hydrogen-bond acceptors (Lipinski definition) is 2. The molecule has 0 heterocycles. The van der Waals surface area contributed by atoms with Crippen LogP contribution >= 0.6 is 0 Å². The Hall–Kier alpha value is -0.500. The minimum absolute atomic E-state index is 0.104. The van der Waals surface area contributed by atoms with Gasteiger partial charge in [-0.2, -0.15) is 0 Å². The molecule has 0 unspecified atom stereocenters. The SMILES string of the molecule is CCCCCC[C@H](O)CCC/C(C)=C/OC. The molecule has 0 aromatic carbocycles. The van der Waals surface area contributed by atoms with Crippen LogP contribution in [0.15, 0.2) is 11.8 Å². The van der Waals surface area contributed by atoms with Crippen LogP contribution in [0.3, 0.4) is 0 Å². The van der Waals surface area contributed by atoms with Crippen molar-refractivity contribution in [1.29, 1.82) is 0 Å². The lowest BCUT2D eigenvalue weighted by Crippen LogP contribution is -2.06. The Bertz CT molecular complexity index is 176.